The molecule has 1 aliphatic carbocycles. The summed E-state index contributed by atoms with van der Waals surface area (Å²) < 4.78 is 5.72. The minimum absolute atomic E-state index is 0.0828. The number of rotatable bonds is 2. The molecule has 2 fully saturated rings. The predicted octanol–water partition coefficient (Wildman–Crippen LogP) is 2.80. The van der Waals surface area contributed by atoms with Gasteiger partial charge in [0.2, 0.25) is 0 Å². The van der Waals surface area contributed by atoms with Crippen LogP contribution < -0.4 is 0 Å². The van der Waals surface area contributed by atoms with E-state index >= 15 is 0 Å². The first-order valence-corrected chi connectivity index (χ1v) is 7.26. The normalized spacial score (nSPS) is 35.8. The highest BCUT2D eigenvalue weighted by atomic mass is 16.6. The van der Waals surface area contributed by atoms with Crippen LogP contribution in [0.4, 0.5) is 4.79 Å². The molecule has 1 saturated carbocycles. The standard InChI is InChI=1S/C15H27NO3/c1-13(2,3)9-16-10-15(19-12(16)18)7-5-6-14(4,8-15)11-17/h17H,5-11H2,1-4H3/t14-,15-/m0/s1. The first-order valence-electron chi connectivity index (χ1n) is 7.26. The van der Waals surface area contributed by atoms with Crippen LogP contribution >= 0.6 is 0 Å². The molecule has 19 heavy (non-hydrogen) atoms. The second kappa shape index (κ2) is 4.65. The van der Waals surface area contributed by atoms with E-state index in [1.807, 2.05) is 4.90 Å². The van der Waals surface area contributed by atoms with Crippen molar-refractivity contribution in [1.29, 1.82) is 0 Å². The number of ether oxygens (including phenoxy) is 1. The van der Waals surface area contributed by atoms with Crippen molar-refractivity contribution in [1.82, 2.24) is 4.90 Å². The summed E-state index contributed by atoms with van der Waals surface area (Å²) >= 11 is 0. The van der Waals surface area contributed by atoms with Gasteiger partial charge < -0.3 is 14.7 Å². The molecule has 110 valence electrons. The second-order valence-electron chi connectivity index (χ2n) is 7.97. The molecule has 0 aromatic rings. The molecule has 0 unspecified atom stereocenters. The Morgan fingerprint density at radius 3 is 2.63 bits per heavy atom. The van der Waals surface area contributed by atoms with E-state index in [2.05, 4.69) is 27.7 Å². The van der Waals surface area contributed by atoms with Gasteiger partial charge in [0, 0.05) is 13.2 Å². The quantitative estimate of drug-likeness (QED) is 0.838. The molecule has 1 saturated heterocycles. The molecule has 1 heterocycles. The molecule has 1 amide bonds. The van der Waals surface area contributed by atoms with Crippen LogP contribution in [0.3, 0.4) is 0 Å². The Morgan fingerprint density at radius 1 is 1.37 bits per heavy atom. The molecule has 0 aromatic heterocycles. The van der Waals surface area contributed by atoms with E-state index in [-0.39, 0.29) is 29.1 Å². The lowest BCUT2D eigenvalue weighted by atomic mass is 9.69. The average Bonchev–Trinajstić information content (AvgIpc) is 2.52. The molecule has 1 spiro atoms. The third-order valence-corrected chi connectivity index (χ3v) is 4.25. The minimum atomic E-state index is -0.363. The summed E-state index contributed by atoms with van der Waals surface area (Å²) in [6.45, 7) is 10.1. The van der Waals surface area contributed by atoms with Gasteiger partial charge in [0.1, 0.15) is 5.60 Å². The fraction of sp³-hybridized carbons (Fsp3) is 0.933. The van der Waals surface area contributed by atoms with Crippen LogP contribution in [0.25, 0.3) is 0 Å². The van der Waals surface area contributed by atoms with Crippen LogP contribution in [-0.4, -0.2) is 41.4 Å². The summed E-state index contributed by atoms with van der Waals surface area (Å²) in [5.74, 6) is 0. The first-order chi connectivity index (χ1) is 8.67. The van der Waals surface area contributed by atoms with Gasteiger partial charge in [-0.15, -0.1) is 0 Å². The van der Waals surface area contributed by atoms with Crippen LogP contribution in [0.2, 0.25) is 0 Å². The first kappa shape index (κ1) is 14.6. The van der Waals surface area contributed by atoms with Gasteiger partial charge in [0.25, 0.3) is 0 Å². The van der Waals surface area contributed by atoms with Gasteiger partial charge in [0.15, 0.2) is 0 Å². The maximum Gasteiger partial charge on any atom is 0.410 e. The summed E-state index contributed by atoms with van der Waals surface area (Å²) in [6, 6.07) is 0. The SMILES string of the molecule is CC(C)(C)CN1C[C@@]2(CCC[C@](C)(CO)C2)OC1=O. The molecule has 2 aliphatic rings. The van der Waals surface area contributed by atoms with Gasteiger partial charge in [-0.1, -0.05) is 27.7 Å². The van der Waals surface area contributed by atoms with Crippen molar-refractivity contribution < 1.29 is 14.6 Å². The van der Waals surface area contributed by atoms with Crippen molar-refractivity contribution in [2.75, 3.05) is 19.7 Å². The molecule has 2 atom stereocenters. The molecule has 1 N–H and O–H groups in total. The molecule has 4 nitrogen and oxygen atoms in total. The number of nitrogens with zero attached hydrogens (tertiary/aromatic N) is 1. The highest BCUT2D eigenvalue weighted by Crippen LogP contribution is 2.46. The van der Waals surface area contributed by atoms with E-state index in [1.165, 1.54) is 0 Å². The summed E-state index contributed by atoms with van der Waals surface area (Å²) in [6.07, 6.45) is 3.56. The van der Waals surface area contributed by atoms with E-state index in [1.54, 1.807) is 0 Å². The lowest BCUT2D eigenvalue weighted by Gasteiger charge is -2.42. The highest BCUT2D eigenvalue weighted by Gasteiger charge is 2.51. The molecule has 4 heteroatoms. The topological polar surface area (TPSA) is 49.8 Å². The Hall–Kier alpha value is -0.770. The van der Waals surface area contributed by atoms with Gasteiger partial charge in [-0.05, 0) is 36.5 Å². The number of carbonyl (C=O) groups is 1. The van der Waals surface area contributed by atoms with Crippen molar-refractivity contribution in [2.24, 2.45) is 10.8 Å². The second-order valence-corrected chi connectivity index (χ2v) is 7.97. The van der Waals surface area contributed by atoms with Crippen molar-refractivity contribution in [3.63, 3.8) is 0 Å². The van der Waals surface area contributed by atoms with Crippen molar-refractivity contribution in [3.05, 3.63) is 0 Å². The minimum Gasteiger partial charge on any atom is -0.441 e. The molecular formula is C15H27NO3. The van der Waals surface area contributed by atoms with E-state index in [9.17, 15) is 9.90 Å². The largest absolute Gasteiger partial charge is 0.441 e. The van der Waals surface area contributed by atoms with Gasteiger partial charge in [0.05, 0.1) is 6.54 Å². The number of aliphatic hydroxyl groups excluding tert-OH is 1. The van der Waals surface area contributed by atoms with Gasteiger partial charge in [-0.3, -0.25) is 0 Å². The average molecular weight is 269 g/mol. The predicted molar refractivity (Wildman–Crippen MR) is 73.9 cm³/mol. The lowest BCUT2D eigenvalue weighted by Crippen LogP contribution is -2.45. The van der Waals surface area contributed by atoms with Crippen LogP contribution in [0.1, 0.15) is 53.4 Å². The number of hydrogen-bond acceptors (Lipinski definition) is 3. The van der Waals surface area contributed by atoms with Crippen molar-refractivity contribution in [2.45, 2.75) is 59.0 Å². The lowest BCUT2D eigenvalue weighted by molar-refractivity contribution is -0.0404. The third kappa shape index (κ3) is 3.22. The number of amides is 1. The van der Waals surface area contributed by atoms with Crippen molar-refractivity contribution >= 4 is 6.09 Å². The zero-order valence-corrected chi connectivity index (χ0v) is 12.7. The fourth-order valence-electron chi connectivity index (χ4n) is 3.54. The van der Waals surface area contributed by atoms with Gasteiger partial charge in [-0.25, -0.2) is 4.79 Å². The third-order valence-electron chi connectivity index (χ3n) is 4.25. The molecule has 0 aromatic carbocycles. The maximum absolute atomic E-state index is 12.1. The Kier molecular flexibility index (Phi) is 3.58. The zero-order valence-electron chi connectivity index (χ0n) is 12.7. The van der Waals surface area contributed by atoms with Crippen LogP contribution in [0.15, 0.2) is 0 Å². The summed E-state index contributed by atoms with van der Waals surface area (Å²) in [5.41, 5.74) is -0.381. The molecular weight excluding hydrogens is 242 g/mol. The van der Waals surface area contributed by atoms with Gasteiger partial charge in [-0.2, -0.15) is 0 Å². The Balaban J connectivity index is 2.08. The van der Waals surface area contributed by atoms with Crippen LogP contribution in [0.5, 0.6) is 0 Å². The molecule has 0 radical (unpaired) electrons. The molecule has 1 aliphatic heterocycles. The summed E-state index contributed by atoms with van der Waals surface area (Å²) in [5, 5.41) is 9.56. The number of aliphatic hydroxyl groups is 1. The summed E-state index contributed by atoms with van der Waals surface area (Å²) in [4.78, 5) is 13.9. The molecule has 0 bridgehead atoms. The fourth-order valence-corrected chi connectivity index (χ4v) is 3.54. The maximum atomic E-state index is 12.1. The van der Waals surface area contributed by atoms with E-state index in [4.69, 9.17) is 4.74 Å². The Labute approximate surface area is 116 Å². The highest BCUT2D eigenvalue weighted by molar-refractivity contribution is 5.70. The number of carbonyl (C=O) groups excluding carboxylic acids is 1. The zero-order chi connectivity index (χ0) is 14.3. The number of hydrogen-bond donors (Lipinski definition) is 1. The smallest absolute Gasteiger partial charge is 0.410 e. The Morgan fingerprint density at radius 2 is 2.05 bits per heavy atom. The monoisotopic (exact) mass is 269 g/mol. The molecule has 2 rings (SSSR count). The van der Waals surface area contributed by atoms with E-state index in [0.29, 0.717) is 6.54 Å². The van der Waals surface area contributed by atoms with E-state index in [0.717, 1.165) is 32.2 Å². The van der Waals surface area contributed by atoms with Crippen LogP contribution in [-0.2, 0) is 4.74 Å². The van der Waals surface area contributed by atoms with Crippen LogP contribution in [0, 0.1) is 10.8 Å². The van der Waals surface area contributed by atoms with Gasteiger partial charge >= 0.3 is 6.09 Å². The Bertz CT molecular complexity index is 363. The van der Waals surface area contributed by atoms with Crippen molar-refractivity contribution in [3.8, 4) is 0 Å². The summed E-state index contributed by atoms with van der Waals surface area (Å²) in [7, 11) is 0. The van der Waals surface area contributed by atoms with E-state index < -0.39 is 0 Å².